The van der Waals surface area contributed by atoms with E-state index in [-0.39, 0.29) is 0 Å². The Morgan fingerprint density at radius 2 is 2.09 bits per heavy atom. The molecule has 12 heteroatoms. The summed E-state index contributed by atoms with van der Waals surface area (Å²) in [5.41, 5.74) is -2.10. The minimum absolute atomic E-state index is 0.507. The lowest BCUT2D eigenvalue weighted by Crippen LogP contribution is -2.37. The number of ether oxygens (including phenoxy) is 1. The molecule has 0 aliphatic carbocycles. The Labute approximate surface area is 128 Å². The van der Waals surface area contributed by atoms with Gasteiger partial charge in [-0.25, -0.2) is 4.79 Å². The van der Waals surface area contributed by atoms with Crippen LogP contribution in [0.1, 0.15) is 6.23 Å². The van der Waals surface area contributed by atoms with Crippen molar-refractivity contribution in [2.24, 2.45) is 0 Å². The number of halogens is 1. The second kappa shape index (κ2) is 6.63. The first-order valence-electron chi connectivity index (χ1n) is 6.10. The van der Waals surface area contributed by atoms with Crippen molar-refractivity contribution in [2.45, 2.75) is 24.5 Å². The van der Waals surface area contributed by atoms with Gasteiger partial charge in [-0.3, -0.25) is 18.9 Å². The van der Waals surface area contributed by atoms with Gasteiger partial charge in [0.1, 0.15) is 23.9 Å². The molecule has 0 spiro atoms. The lowest BCUT2D eigenvalue weighted by Gasteiger charge is -2.17. The van der Waals surface area contributed by atoms with E-state index in [9.17, 15) is 29.3 Å². The zero-order chi connectivity index (χ0) is 16.5. The van der Waals surface area contributed by atoms with Gasteiger partial charge in [0, 0.05) is 12.3 Å². The first-order valence-corrected chi connectivity index (χ1v) is 8.40. The van der Waals surface area contributed by atoms with Crippen LogP contribution in [0, 0.1) is 0 Å². The van der Waals surface area contributed by atoms with Gasteiger partial charge in [0.25, 0.3) is 5.56 Å². The lowest BCUT2D eigenvalue weighted by atomic mass is 10.1. The number of rotatable bonds is 5. The van der Waals surface area contributed by atoms with Gasteiger partial charge in [-0.15, -0.1) is 11.6 Å². The van der Waals surface area contributed by atoms with Crippen LogP contribution < -0.4 is 11.2 Å². The fraction of sp³-hybridized carbons (Fsp3) is 0.600. The molecule has 0 radical (unpaired) electrons. The highest BCUT2D eigenvalue weighted by atomic mass is 35.5. The van der Waals surface area contributed by atoms with Gasteiger partial charge in [0.05, 0.1) is 6.61 Å². The second-order valence-corrected chi connectivity index (χ2v) is 7.11. The van der Waals surface area contributed by atoms with Gasteiger partial charge in [0.2, 0.25) is 0 Å². The monoisotopic (exact) mass is 356 g/mol. The maximum atomic E-state index is 11.7. The van der Waals surface area contributed by atoms with Crippen LogP contribution in [0.5, 0.6) is 0 Å². The molecule has 0 bridgehead atoms. The van der Waals surface area contributed by atoms with Crippen LogP contribution in [0.25, 0.3) is 0 Å². The van der Waals surface area contributed by atoms with Crippen molar-refractivity contribution >= 4 is 19.2 Å². The SMILES string of the molecule is O=c1ccn([C@@H]2O[C@H](COP(=O)(O)CCl)[C@@H](O)[C@H]2O)c(=O)[nH]1. The Balaban J connectivity index is 2.15. The molecular weight excluding hydrogens is 343 g/mol. The molecule has 0 amide bonds. The van der Waals surface area contributed by atoms with Gasteiger partial charge < -0.3 is 24.4 Å². The Kier molecular flexibility index (Phi) is 5.23. The Morgan fingerprint density at radius 1 is 1.41 bits per heavy atom. The quantitative estimate of drug-likeness (QED) is 0.369. The predicted molar refractivity (Wildman–Crippen MR) is 73.7 cm³/mol. The average molecular weight is 357 g/mol. The summed E-state index contributed by atoms with van der Waals surface area (Å²) in [4.78, 5) is 33.8. The number of aliphatic hydroxyl groups is 2. The number of hydrogen-bond donors (Lipinski definition) is 4. The molecule has 2 rings (SSSR count). The molecule has 10 nitrogen and oxygen atoms in total. The highest BCUT2D eigenvalue weighted by Crippen LogP contribution is 2.43. The summed E-state index contributed by atoms with van der Waals surface area (Å²) in [6.45, 7) is -0.507. The molecule has 5 atom stereocenters. The molecule has 1 saturated heterocycles. The van der Waals surface area contributed by atoms with Gasteiger partial charge in [0.15, 0.2) is 6.23 Å². The van der Waals surface area contributed by atoms with Crippen molar-refractivity contribution in [3.8, 4) is 0 Å². The number of aromatic nitrogens is 2. The molecule has 1 aliphatic heterocycles. The summed E-state index contributed by atoms with van der Waals surface area (Å²) in [7, 11) is -4.00. The number of H-pyrrole nitrogens is 1. The Hall–Kier alpha value is -1.00. The second-order valence-electron chi connectivity index (χ2n) is 4.62. The molecule has 1 aliphatic rings. The van der Waals surface area contributed by atoms with Crippen molar-refractivity contribution in [2.75, 3.05) is 12.2 Å². The summed E-state index contributed by atoms with van der Waals surface area (Å²) in [6.07, 6.45) is -4.28. The van der Waals surface area contributed by atoms with Crippen LogP contribution in [0.3, 0.4) is 0 Å². The topological polar surface area (TPSA) is 151 Å². The van der Waals surface area contributed by atoms with E-state index in [1.165, 1.54) is 0 Å². The van der Waals surface area contributed by atoms with Crippen molar-refractivity contribution in [1.29, 1.82) is 0 Å². The largest absolute Gasteiger partial charge is 0.387 e. The molecule has 0 saturated carbocycles. The van der Waals surface area contributed by atoms with E-state index in [1.807, 2.05) is 4.98 Å². The Morgan fingerprint density at radius 3 is 2.68 bits per heavy atom. The zero-order valence-corrected chi connectivity index (χ0v) is 12.7. The van der Waals surface area contributed by atoms with Crippen molar-refractivity contribution in [3.05, 3.63) is 33.1 Å². The molecular formula is C10H14ClN2O8P. The Bertz CT molecular complexity index is 690. The van der Waals surface area contributed by atoms with Crippen LogP contribution in [0.4, 0.5) is 0 Å². The summed E-state index contributed by atoms with van der Waals surface area (Å²) >= 11 is 5.23. The van der Waals surface area contributed by atoms with Crippen molar-refractivity contribution < 1.29 is 28.9 Å². The standard InChI is InChI=1S/C10H14ClN2O8P/c11-4-22(18,19)20-3-5-7(15)8(16)9(21-5)13-2-1-6(14)12-10(13)17/h1-2,5,7-9,15-16H,3-4H2,(H,18,19)(H,12,14,17)/t5-,7-,8-,9-/m1/s1. The first kappa shape index (κ1) is 17.4. The van der Waals surface area contributed by atoms with Gasteiger partial charge in [-0.05, 0) is 0 Å². The molecule has 1 fully saturated rings. The normalized spacial score (nSPS) is 31.1. The summed E-state index contributed by atoms with van der Waals surface area (Å²) in [6, 6.07) is 1.04. The van der Waals surface area contributed by atoms with Gasteiger partial charge >= 0.3 is 13.3 Å². The van der Waals surface area contributed by atoms with Gasteiger partial charge in [-0.1, -0.05) is 0 Å². The summed E-state index contributed by atoms with van der Waals surface area (Å²) in [5.74, 6) is 0. The van der Waals surface area contributed by atoms with E-state index in [0.717, 1.165) is 16.8 Å². The number of alkyl halides is 1. The van der Waals surface area contributed by atoms with E-state index in [0.29, 0.717) is 0 Å². The summed E-state index contributed by atoms with van der Waals surface area (Å²) in [5, 5.41) is 19.8. The number of nitrogens with one attached hydrogen (secondary N) is 1. The minimum atomic E-state index is -4.00. The van der Waals surface area contributed by atoms with E-state index >= 15 is 0 Å². The smallest absolute Gasteiger partial charge is 0.342 e. The lowest BCUT2D eigenvalue weighted by molar-refractivity contribution is -0.0524. The number of aliphatic hydroxyl groups excluding tert-OH is 2. The van der Waals surface area contributed by atoms with Crippen LogP contribution in [-0.4, -0.2) is 55.2 Å². The number of nitrogens with zero attached hydrogens (tertiary/aromatic N) is 1. The van der Waals surface area contributed by atoms with Crippen molar-refractivity contribution in [3.63, 3.8) is 0 Å². The van der Waals surface area contributed by atoms with Gasteiger partial charge in [-0.2, -0.15) is 0 Å². The third kappa shape index (κ3) is 3.66. The summed E-state index contributed by atoms with van der Waals surface area (Å²) < 4.78 is 22.1. The molecule has 1 aromatic heterocycles. The highest BCUT2D eigenvalue weighted by molar-refractivity contribution is 7.54. The third-order valence-corrected chi connectivity index (χ3v) is 4.81. The van der Waals surface area contributed by atoms with E-state index < -0.39 is 55.6 Å². The fourth-order valence-corrected chi connectivity index (χ4v) is 2.60. The maximum Gasteiger partial charge on any atom is 0.342 e. The first-order chi connectivity index (χ1) is 10.2. The van der Waals surface area contributed by atoms with E-state index in [1.54, 1.807) is 0 Å². The van der Waals surface area contributed by atoms with Crippen LogP contribution >= 0.6 is 19.2 Å². The molecule has 1 aromatic rings. The molecule has 22 heavy (non-hydrogen) atoms. The van der Waals surface area contributed by atoms with Crippen LogP contribution in [0.15, 0.2) is 21.9 Å². The van der Waals surface area contributed by atoms with E-state index in [4.69, 9.17) is 16.3 Å². The zero-order valence-electron chi connectivity index (χ0n) is 11.0. The fourth-order valence-electron chi connectivity index (χ4n) is 1.95. The van der Waals surface area contributed by atoms with Crippen LogP contribution in [-0.2, 0) is 13.8 Å². The molecule has 2 heterocycles. The minimum Gasteiger partial charge on any atom is -0.387 e. The van der Waals surface area contributed by atoms with Crippen LogP contribution in [0.2, 0.25) is 0 Å². The van der Waals surface area contributed by atoms with Crippen molar-refractivity contribution in [1.82, 2.24) is 9.55 Å². The molecule has 0 aromatic carbocycles. The van der Waals surface area contributed by atoms with E-state index in [2.05, 4.69) is 4.52 Å². The number of aromatic amines is 1. The predicted octanol–water partition coefficient (Wildman–Crippen LogP) is -1.45. The molecule has 1 unspecified atom stereocenters. The molecule has 4 N–H and O–H groups in total. The average Bonchev–Trinajstić information content (AvgIpc) is 2.73. The molecule has 124 valence electrons. The highest BCUT2D eigenvalue weighted by Gasteiger charge is 2.44. The third-order valence-electron chi connectivity index (χ3n) is 3.05. The maximum absolute atomic E-state index is 11.7. The number of hydrogen-bond acceptors (Lipinski definition) is 7.